The van der Waals surface area contributed by atoms with Gasteiger partial charge in [-0.2, -0.15) is 11.8 Å². The van der Waals surface area contributed by atoms with Crippen LogP contribution in [-0.2, 0) is 0 Å². The first-order chi connectivity index (χ1) is 8.06. The zero-order valence-electron chi connectivity index (χ0n) is 9.84. The van der Waals surface area contributed by atoms with E-state index >= 15 is 0 Å². The highest BCUT2D eigenvalue weighted by molar-refractivity contribution is 7.98. The Labute approximate surface area is 104 Å². The molecule has 2 unspecified atom stereocenters. The van der Waals surface area contributed by atoms with Crippen LogP contribution in [0.15, 0.2) is 10.7 Å². The monoisotopic (exact) mass is 259 g/mol. The molecule has 1 aromatic heterocycles. The maximum Gasteiger partial charge on any atom is 0.273 e. The summed E-state index contributed by atoms with van der Waals surface area (Å²) in [6.45, 7) is 2.11. The predicted octanol–water partition coefficient (Wildman–Crippen LogP) is 0.148. The highest BCUT2D eigenvalue weighted by Crippen LogP contribution is 2.13. The van der Waals surface area contributed by atoms with Crippen LogP contribution in [0.25, 0.3) is 0 Å². The van der Waals surface area contributed by atoms with Crippen molar-refractivity contribution in [2.24, 2.45) is 5.73 Å². The second kappa shape index (κ2) is 6.63. The van der Waals surface area contributed by atoms with E-state index in [1.807, 2.05) is 6.26 Å². The van der Waals surface area contributed by atoms with E-state index in [1.165, 1.54) is 13.2 Å². The van der Waals surface area contributed by atoms with Gasteiger partial charge in [0.15, 0.2) is 5.69 Å². The molecule has 0 saturated carbocycles. The summed E-state index contributed by atoms with van der Waals surface area (Å²) in [5.41, 5.74) is 5.81. The van der Waals surface area contributed by atoms with Crippen molar-refractivity contribution < 1.29 is 14.3 Å². The second-order valence-corrected chi connectivity index (χ2v) is 4.57. The van der Waals surface area contributed by atoms with Gasteiger partial charge in [0.2, 0.25) is 5.89 Å². The molecule has 4 N–H and O–H groups in total. The average molecular weight is 259 g/mol. The van der Waals surface area contributed by atoms with Gasteiger partial charge in [0.25, 0.3) is 5.91 Å². The summed E-state index contributed by atoms with van der Waals surface area (Å²) in [5, 5.41) is 12.0. The number of amides is 1. The third kappa shape index (κ3) is 4.03. The number of aliphatic hydroxyl groups excluding tert-OH is 1. The Morgan fingerprint density at radius 1 is 1.76 bits per heavy atom. The van der Waals surface area contributed by atoms with Crippen molar-refractivity contribution in [2.45, 2.75) is 19.1 Å². The van der Waals surface area contributed by atoms with Crippen LogP contribution in [0.4, 0.5) is 0 Å². The number of carbonyl (C=O) groups is 1. The van der Waals surface area contributed by atoms with Crippen LogP contribution in [0.1, 0.15) is 29.3 Å². The molecule has 0 fully saturated rings. The molecular formula is C10H17N3O3S. The average Bonchev–Trinajstić information content (AvgIpc) is 2.77. The lowest BCUT2D eigenvalue weighted by Crippen LogP contribution is -2.27. The van der Waals surface area contributed by atoms with Gasteiger partial charge in [-0.05, 0) is 13.2 Å². The van der Waals surface area contributed by atoms with Crippen LogP contribution in [0.5, 0.6) is 0 Å². The van der Waals surface area contributed by atoms with Crippen LogP contribution in [0.2, 0.25) is 0 Å². The summed E-state index contributed by atoms with van der Waals surface area (Å²) in [5.74, 6) is 0.700. The lowest BCUT2D eigenvalue weighted by molar-refractivity contribution is 0.0951. The summed E-state index contributed by atoms with van der Waals surface area (Å²) in [6, 6.07) is -0.720. The van der Waals surface area contributed by atoms with Gasteiger partial charge in [0.05, 0.1) is 6.10 Å². The number of thioether (sulfide) groups is 1. The molecule has 1 amide bonds. The molecule has 0 aliphatic rings. The largest absolute Gasteiger partial charge is 0.446 e. The first-order valence-corrected chi connectivity index (χ1v) is 6.62. The summed E-state index contributed by atoms with van der Waals surface area (Å²) < 4.78 is 5.05. The second-order valence-electron chi connectivity index (χ2n) is 3.59. The number of carbonyl (C=O) groups excluding carboxylic acids is 1. The molecule has 0 bridgehead atoms. The van der Waals surface area contributed by atoms with Crippen molar-refractivity contribution >= 4 is 17.7 Å². The highest BCUT2D eigenvalue weighted by Gasteiger charge is 2.20. The number of aromatic nitrogens is 1. The highest BCUT2D eigenvalue weighted by atomic mass is 32.2. The molecule has 1 aromatic rings. The van der Waals surface area contributed by atoms with E-state index in [0.29, 0.717) is 6.54 Å². The molecule has 0 spiro atoms. The number of aliphatic hydroxyl groups is 1. The fraction of sp³-hybridized carbons (Fsp3) is 0.600. The molecule has 0 saturated heterocycles. The maximum absolute atomic E-state index is 11.6. The van der Waals surface area contributed by atoms with Gasteiger partial charge >= 0.3 is 0 Å². The van der Waals surface area contributed by atoms with Gasteiger partial charge in [-0.3, -0.25) is 4.79 Å². The topological polar surface area (TPSA) is 101 Å². The number of nitrogens with two attached hydrogens (primary N) is 1. The Hall–Kier alpha value is -1.05. The molecule has 6 nitrogen and oxygen atoms in total. The fourth-order valence-electron chi connectivity index (χ4n) is 1.11. The Bertz CT molecular complexity index is 367. The fourth-order valence-corrected chi connectivity index (χ4v) is 1.41. The summed E-state index contributed by atoms with van der Waals surface area (Å²) in [6.07, 6.45) is 2.43. The van der Waals surface area contributed by atoms with Crippen molar-refractivity contribution in [3.63, 3.8) is 0 Å². The van der Waals surface area contributed by atoms with Crippen molar-refractivity contribution in [3.05, 3.63) is 17.8 Å². The third-order valence-electron chi connectivity index (χ3n) is 2.15. The zero-order chi connectivity index (χ0) is 12.8. The molecule has 7 heteroatoms. The molecule has 2 atom stereocenters. The van der Waals surface area contributed by atoms with Crippen molar-refractivity contribution in [1.82, 2.24) is 10.3 Å². The van der Waals surface area contributed by atoms with Crippen LogP contribution in [0, 0.1) is 0 Å². The van der Waals surface area contributed by atoms with E-state index in [1.54, 1.807) is 11.8 Å². The maximum atomic E-state index is 11.6. The van der Waals surface area contributed by atoms with Crippen molar-refractivity contribution in [2.75, 3.05) is 18.6 Å². The summed E-state index contributed by atoms with van der Waals surface area (Å²) in [7, 11) is 0. The Balaban J connectivity index is 2.58. The summed E-state index contributed by atoms with van der Waals surface area (Å²) >= 11 is 1.64. The molecule has 0 aliphatic heterocycles. The SMILES string of the molecule is CSCCNC(=O)c1coc(C(N)C(C)O)n1. The number of hydrogen-bond acceptors (Lipinski definition) is 6. The van der Waals surface area contributed by atoms with Gasteiger partial charge in [-0.1, -0.05) is 0 Å². The van der Waals surface area contributed by atoms with E-state index < -0.39 is 12.1 Å². The molecule has 0 radical (unpaired) electrons. The van der Waals surface area contributed by atoms with Gasteiger partial charge in [-0.25, -0.2) is 4.98 Å². The Morgan fingerprint density at radius 3 is 3.06 bits per heavy atom. The van der Waals surface area contributed by atoms with Crippen LogP contribution >= 0.6 is 11.8 Å². The minimum Gasteiger partial charge on any atom is -0.446 e. The molecular weight excluding hydrogens is 242 g/mol. The standard InChI is InChI=1S/C10H17N3O3S/c1-6(14)8(11)10-13-7(5-16-10)9(15)12-3-4-17-2/h5-6,8,14H,3-4,11H2,1-2H3,(H,12,15). The number of rotatable bonds is 6. The lowest BCUT2D eigenvalue weighted by Gasteiger charge is -2.09. The van der Waals surface area contributed by atoms with Crippen molar-refractivity contribution in [1.29, 1.82) is 0 Å². The van der Waals surface area contributed by atoms with Crippen LogP contribution in [-0.4, -0.2) is 40.7 Å². The normalized spacial score (nSPS) is 14.4. The number of nitrogens with zero attached hydrogens (tertiary/aromatic N) is 1. The minimum atomic E-state index is -0.777. The van der Waals surface area contributed by atoms with Crippen LogP contribution < -0.4 is 11.1 Å². The van der Waals surface area contributed by atoms with E-state index in [-0.39, 0.29) is 17.5 Å². The van der Waals surface area contributed by atoms with Crippen molar-refractivity contribution in [3.8, 4) is 0 Å². The number of hydrogen-bond donors (Lipinski definition) is 3. The van der Waals surface area contributed by atoms with Gasteiger partial charge in [-0.15, -0.1) is 0 Å². The third-order valence-corrected chi connectivity index (χ3v) is 2.76. The van der Waals surface area contributed by atoms with E-state index in [0.717, 1.165) is 5.75 Å². The molecule has 1 heterocycles. The van der Waals surface area contributed by atoms with Gasteiger partial charge in [0.1, 0.15) is 12.3 Å². The first-order valence-electron chi connectivity index (χ1n) is 5.22. The quantitative estimate of drug-likeness (QED) is 0.628. The Morgan fingerprint density at radius 2 is 2.47 bits per heavy atom. The molecule has 0 aliphatic carbocycles. The van der Waals surface area contributed by atoms with Gasteiger partial charge in [0, 0.05) is 12.3 Å². The zero-order valence-corrected chi connectivity index (χ0v) is 10.7. The number of nitrogens with one attached hydrogen (secondary N) is 1. The van der Waals surface area contributed by atoms with E-state index in [2.05, 4.69) is 10.3 Å². The molecule has 0 aromatic carbocycles. The Kier molecular flexibility index (Phi) is 5.46. The summed E-state index contributed by atoms with van der Waals surface area (Å²) in [4.78, 5) is 15.5. The van der Waals surface area contributed by atoms with E-state index in [9.17, 15) is 9.90 Å². The smallest absolute Gasteiger partial charge is 0.273 e. The molecule has 17 heavy (non-hydrogen) atoms. The predicted molar refractivity (Wildman–Crippen MR) is 65.8 cm³/mol. The lowest BCUT2D eigenvalue weighted by atomic mass is 10.2. The van der Waals surface area contributed by atoms with Gasteiger partial charge < -0.3 is 20.6 Å². The number of oxazole rings is 1. The van der Waals surface area contributed by atoms with Crippen LogP contribution in [0.3, 0.4) is 0 Å². The van der Waals surface area contributed by atoms with E-state index in [4.69, 9.17) is 10.2 Å². The molecule has 96 valence electrons. The minimum absolute atomic E-state index is 0.162. The molecule has 1 rings (SSSR count). The first kappa shape index (κ1) is 14.0.